The molecule has 21 heavy (non-hydrogen) atoms. The lowest BCUT2D eigenvalue weighted by atomic mass is 10.1. The van der Waals surface area contributed by atoms with Gasteiger partial charge in [0.15, 0.2) is 0 Å². The quantitative estimate of drug-likeness (QED) is 0.914. The molecule has 3 rings (SSSR count). The summed E-state index contributed by atoms with van der Waals surface area (Å²) < 4.78 is 5.87. The monoisotopic (exact) mass is 304 g/mol. The molecule has 2 N–H and O–H groups in total. The summed E-state index contributed by atoms with van der Waals surface area (Å²) in [5.74, 6) is 0.586. The summed E-state index contributed by atoms with van der Waals surface area (Å²) in [4.78, 5) is 10.8. The number of aryl methyl sites for hydroxylation is 1. The van der Waals surface area contributed by atoms with Crippen LogP contribution in [0.4, 0.5) is 5.82 Å². The number of hydrogen-bond acceptors (Lipinski definition) is 6. The average molecular weight is 304 g/mol. The second-order valence-corrected chi connectivity index (χ2v) is 6.26. The van der Waals surface area contributed by atoms with Crippen LogP contribution in [0.1, 0.15) is 17.0 Å². The highest BCUT2D eigenvalue weighted by molar-refractivity contribution is 7.09. The van der Waals surface area contributed by atoms with Crippen LogP contribution < -0.4 is 5.73 Å². The summed E-state index contributed by atoms with van der Waals surface area (Å²) in [7, 11) is 0. The highest BCUT2D eigenvalue weighted by Gasteiger charge is 2.20. The van der Waals surface area contributed by atoms with Gasteiger partial charge in [0.1, 0.15) is 10.8 Å². The maximum absolute atomic E-state index is 5.87. The number of aromatic nitrogens is 2. The molecular formula is C15H20N4OS. The number of thiazole rings is 1. The Morgan fingerprint density at radius 3 is 3.14 bits per heavy atom. The van der Waals surface area contributed by atoms with Gasteiger partial charge < -0.3 is 10.5 Å². The minimum absolute atomic E-state index is 0.285. The second-order valence-electron chi connectivity index (χ2n) is 5.28. The van der Waals surface area contributed by atoms with Gasteiger partial charge in [0, 0.05) is 30.9 Å². The van der Waals surface area contributed by atoms with E-state index in [4.69, 9.17) is 10.5 Å². The highest BCUT2D eigenvalue weighted by Crippen LogP contribution is 2.16. The molecule has 1 aliphatic heterocycles. The first-order chi connectivity index (χ1) is 10.3. The number of hydrogen-bond donors (Lipinski definition) is 1. The van der Waals surface area contributed by atoms with E-state index in [9.17, 15) is 0 Å². The van der Waals surface area contributed by atoms with Gasteiger partial charge in [-0.2, -0.15) is 0 Å². The fraction of sp³-hybridized carbons (Fsp3) is 0.467. The summed E-state index contributed by atoms with van der Waals surface area (Å²) in [5.41, 5.74) is 6.93. The lowest BCUT2D eigenvalue weighted by Gasteiger charge is -2.32. The van der Waals surface area contributed by atoms with Gasteiger partial charge in [0.25, 0.3) is 0 Å². The Bertz CT molecular complexity index is 561. The molecule has 0 aromatic carbocycles. The van der Waals surface area contributed by atoms with Crippen molar-refractivity contribution in [2.24, 2.45) is 0 Å². The van der Waals surface area contributed by atoms with E-state index in [1.165, 1.54) is 10.6 Å². The minimum Gasteiger partial charge on any atom is -0.384 e. The van der Waals surface area contributed by atoms with Crippen LogP contribution in [0.2, 0.25) is 0 Å². The van der Waals surface area contributed by atoms with Crippen LogP contribution in [0.15, 0.2) is 29.9 Å². The Hall–Kier alpha value is -1.50. The van der Waals surface area contributed by atoms with Crippen molar-refractivity contribution >= 4 is 17.2 Å². The van der Waals surface area contributed by atoms with E-state index in [-0.39, 0.29) is 6.10 Å². The standard InChI is InChI=1S/C15H20N4OS/c16-14-9-12(3-4-17-14)1-2-13-10-19(6-7-20-13)11-15-18-5-8-21-15/h3-5,8-9,13H,1-2,6-7,10-11H2,(H2,16,17)/t13-/m1/s1. The highest BCUT2D eigenvalue weighted by atomic mass is 32.1. The van der Waals surface area contributed by atoms with Crippen molar-refractivity contribution in [3.8, 4) is 0 Å². The van der Waals surface area contributed by atoms with Crippen LogP contribution in [-0.4, -0.2) is 40.7 Å². The Labute approximate surface area is 128 Å². The van der Waals surface area contributed by atoms with Crippen molar-refractivity contribution in [1.82, 2.24) is 14.9 Å². The van der Waals surface area contributed by atoms with Gasteiger partial charge in [-0.05, 0) is 30.5 Å². The molecule has 0 saturated carbocycles. The van der Waals surface area contributed by atoms with E-state index in [1.54, 1.807) is 17.5 Å². The Morgan fingerprint density at radius 2 is 2.33 bits per heavy atom. The predicted octanol–water partition coefficient (Wildman–Crippen LogP) is 1.95. The number of nitrogen functional groups attached to an aromatic ring is 1. The number of nitrogens with zero attached hydrogens (tertiary/aromatic N) is 3. The van der Waals surface area contributed by atoms with Gasteiger partial charge in [-0.1, -0.05) is 0 Å². The Kier molecular flexibility index (Phi) is 4.80. The summed E-state index contributed by atoms with van der Waals surface area (Å²) in [5, 5.41) is 3.21. The molecule has 1 aliphatic rings. The summed E-state index contributed by atoms with van der Waals surface area (Å²) in [6, 6.07) is 3.96. The molecule has 1 fully saturated rings. The van der Waals surface area contributed by atoms with Crippen molar-refractivity contribution in [3.63, 3.8) is 0 Å². The fourth-order valence-electron chi connectivity index (χ4n) is 2.60. The van der Waals surface area contributed by atoms with E-state index >= 15 is 0 Å². The fourth-order valence-corrected chi connectivity index (χ4v) is 3.26. The minimum atomic E-state index is 0.285. The maximum atomic E-state index is 5.87. The van der Waals surface area contributed by atoms with E-state index < -0.39 is 0 Å². The molecule has 0 spiro atoms. The normalized spacial score (nSPS) is 19.7. The number of rotatable bonds is 5. The maximum Gasteiger partial charge on any atom is 0.123 e. The Morgan fingerprint density at radius 1 is 1.38 bits per heavy atom. The molecule has 0 unspecified atom stereocenters. The van der Waals surface area contributed by atoms with Crippen molar-refractivity contribution in [2.75, 3.05) is 25.4 Å². The largest absolute Gasteiger partial charge is 0.384 e. The van der Waals surface area contributed by atoms with Gasteiger partial charge >= 0.3 is 0 Å². The van der Waals surface area contributed by atoms with E-state index in [0.29, 0.717) is 5.82 Å². The van der Waals surface area contributed by atoms with Gasteiger partial charge in [-0.15, -0.1) is 11.3 Å². The molecule has 112 valence electrons. The van der Waals surface area contributed by atoms with E-state index in [2.05, 4.69) is 14.9 Å². The molecule has 1 saturated heterocycles. The first kappa shape index (κ1) is 14.4. The first-order valence-electron chi connectivity index (χ1n) is 7.22. The topological polar surface area (TPSA) is 64.3 Å². The Balaban J connectivity index is 1.49. The summed E-state index contributed by atoms with van der Waals surface area (Å²) in [6.45, 7) is 3.69. The molecule has 1 atom stereocenters. The van der Waals surface area contributed by atoms with Gasteiger partial charge in [0.05, 0.1) is 19.3 Å². The van der Waals surface area contributed by atoms with E-state index in [1.807, 2.05) is 23.7 Å². The van der Waals surface area contributed by atoms with Crippen LogP contribution in [0.3, 0.4) is 0 Å². The van der Waals surface area contributed by atoms with Crippen LogP contribution >= 0.6 is 11.3 Å². The lowest BCUT2D eigenvalue weighted by molar-refractivity contribution is -0.0345. The third-order valence-electron chi connectivity index (χ3n) is 3.67. The molecular weight excluding hydrogens is 284 g/mol. The van der Waals surface area contributed by atoms with Gasteiger partial charge in [-0.3, -0.25) is 4.90 Å². The van der Waals surface area contributed by atoms with Crippen molar-refractivity contribution in [3.05, 3.63) is 40.5 Å². The van der Waals surface area contributed by atoms with Crippen LogP contribution in [0.25, 0.3) is 0 Å². The number of morpholine rings is 1. The smallest absolute Gasteiger partial charge is 0.123 e. The molecule has 5 nitrogen and oxygen atoms in total. The van der Waals surface area contributed by atoms with Crippen molar-refractivity contribution < 1.29 is 4.74 Å². The molecule has 0 bridgehead atoms. The molecule has 0 radical (unpaired) electrons. The van der Waals surface area contributed by atoms with Crippen LogP contribution in [-0.2, 0) is 17.7 Å². The van der Waals surface area contributed by atoms with Gasteiger partial charge in [-0.25, -0.2) is 9.97 Å². The molecule has 0 aliphatic carbocycles. The third kappa shape index (κ3) is 4.23. The van der Waals surface area contributed by atoms with Crippen LogP contribution in [0.5, 0.6) is 0 Å². The zero-order valence-corrected chi connectivity index (χ0v) is 12.8. The molecule has 6 heteroatoms. The average Bonchev–Trinajstić information content (AvgIpc) is 2.99. The second kappa shape index (κ2) is 6.98. The van der Waals surface area contributed by atoms with Crippen molar-refractivity contribution in [2.45, 2.75) is 25.5 Å². The zero-order valence-electron chi connectivity index (χ0n) is 11.9. The number of ether oxygens (including phenoxy) is 1. The number of anilines is 1. The zero-order chi connectivity index (χ0) is 14.5. The number of nitrogens with two attached hydrogens (primary N) is 1. The molecule has 2 aromatic heterocycles. The van der Waals surface area contributed by atoms with Crippen molar-refractivity contribution in [1.29, 1.82) is 0 Å². The molecule has 3 heterocycles. The summed E-state index contributed by atoms with van der Waals surface area (Å²) in [6.07, 6.45) is 5.90. The molecule has 0 amide bonds. The SMILES string of the molecule is Nc1cc(CC[C@@H]2CN(Cc3nccs3)CCO2)ccn1. The predicted molar refractivity (Wildman–Crippen MR) is 84.1 cm³/mol. The number of pyridine rings is 1. The van der Waals surface area contributed by atoms with E-state index in [0.717, 1.165) is 39.1 Å². The lowest BCUT2D eigenvalue weighted by Crippen LogP contribution is -2.42. The van der Waals surface area contributed by atoms with Gasteiger partial charge in [0.2, 0.25) is 0 Å². The van der Waals surface area contributed by atoms with Crippen LogP contribution in [0, 0.1) is 0 Å². The summed E-state index contributed by atoms with van der Waals surface area (Å²) >= 11 is 1.72. The molecule has 2 aromatic rings. The third-order valence-corrected chi connectivity index (χ3v) is 4.43. The first-order valence-corrected chi connectivity index (χ1v) is 8.10.